The van der Waals surface area contributed by atoms with Gasteiger partial charge in [0.15, 0.2) is 11.6 Å². The molecule has 0 aromatic heterocycles. The van der Waals surface area contributed by atoms with Crippen LogP contribution in [0.1, 0.15) is 17.2 Å². The van der Waals surface area contributed by atoms with Crippen LogP contribution in [0.4, 0.5) is 8.78 Å². The second-order valence-electron chi connectivity index (χ2n) is 3.85. The fraction of sp³-hybridized carbons (Fsp3) is 0.0769. The summed E-state index contributed by atoms with van der Waals surface area (Å²) >= 11 is 11.7. The molecule has 0 fully saturated rings. The van der Waals surface area contributed by atoms with Crippen molar-refractivity contribution in [2.24, 2.45) is 5.73 Å². The Balaban J connectivity index is 2.40. The van der Waals surface area contributed by atoms with Crippen molar-refractivity contribution < 1.29 is 8.78 Å². The van der Waals surface area contributed by atoms with Gasteiger partial charge in [0.25, 0.3) is 0 Å². The molecule has 0 aliphatic rings. The average molecular weight is 288 g/mol. The molecule has 0 aliphatic carbocycles. The van der Waals surface area contributed by atoms with Crippen LogP contribution in [0.2, 0.25) is 10.0 Å². The minimum Gasteiger partial charge on any atom is -0.320 e. The molecule has 94 valence electrons. The van der Waals surface area contributed by atoms with E-state index in [1.54, 1.807) is 18.2 Å². The van der Waals surface area contributed by atoms with Gasteiger partial charge in [-0.15, -0.1) is 0 Å². The lowest BCUT2D eigenvalue weighted by Gasteiger charge is -2.13. The minimum atomic E-state index is -0.934. The molecule has 2 aromatic rings. The first-order valence-corrected chi connectivity index (χ1v) is 5.89. The van der Waals surface area contributed by atoms with Crippen LogP contribution < -0.4 is 5.73 Å². The van der Waals surface area contributed by atoms with E-state index in [1.165, 1.54) is 6.07 Å². The van der Waals surface area contributed by atoms with Gasteiger partial charge in [0.1, 0.15) is 0 Å². The Morgan fingerprint density at radius 2 is 1.44 bits per heavy atom. The van der Waals surface area contributed by atoms with Crippen molar-refractivity contribution in [1.29, 1.82) is 0 Å². The van der Waals surface area contributed by atoms with Gasteiger partial charge in [-0.1, -0.05) is 29.3 Å². The standard InChI is InChI=1S/C13H9Cl2F2N/c14-9-3-8(4-10(15)6-9)13(18)7-1-2-11(16)12(17)5-7/h1-6,13H,18H2. The minimum absolute atomic E-state index is 0.440. The maximum atomic E-state index is 13.1. The third-order valence-corrected chi connectivity index (χ3v) is 2.98. The molecular weight excluding hydrogens is 279 g/mol. The second kappa shape index (κ2) is 5.22. The SMILES string of the molecule is NC(c1cc(Cl)cc(Cl)c1)c1ccc(F)c(F)c1. The van der Waals surface area contributed by atoms with Gasteiger partial charge in [-0.05, 0) is 41.5 Å². The predicted octanol–water partition coefficient (Wildman–Crippen LogP) is 4.32. The monoisotopic (exact) mass is 287 g/mol. The number of hydrogen-bond acceptors (Lipinski definition) is 1. The number of hydrogen-bond donors (Lipinski definition) is 1. The van der Waals surface area contributed by atoms with Crippen LogP contribution in [0.15, 0.2) is 36.4 Å². The molecule has 0 aliphatic heterocycles. The van der Waals surface area contributed by atoms with Gasteiger partial charge in [0, 0.05) is 10.0 Å². The Labute approximate surface area is 113 Å². The maximum absolute atomic E-state index is 13.1. The summed E-state index contributed by atoms with van der Waals surface area (Å²) in [6.07, 6.45) is 0. The average Bonchev–Trinajstić information content (AvgIpc) is 2.30. The van der Waals surface area contributed by atoms with Crippen molar-refractivity contribution in [3.63, 3.8) is 0 Å². The summed E-state index contributed by atoms with van der Waals surface area (Å²) in [5.74, 6) is -1.84. The van der Waals surface area contributed by atoms with E-state index in [-0.39, 0.29) is 0 Å². The van der Waals surface area contributed by atoms with Crippen LogP contribution >= 0.6 is 23.2 Å². The third kappa shape index (κ3) is 2.80. The Bertz CT molecular complexity index is 567. The summed E-state index contributed by atoms with van der Waals surface area (Å²) in [6.45, 7) is 0. The molecule has 2 N–H and O–H groups in total. The quantitative estimate of drug-likeness (QED) is 0.875. The summed E-state index contributed by atoms with van der Waals surface area (Å²) in [7, 11) is 0. The highest BCUT2D eigenvalue weighted by Crippen LogP contribution is 2.26. The van der Waals surface area contributed by atoms with Gasteiger partial charge in [0.2, 0.25) is 0 Å². The molecule has 2 aromatic carbocycles. The van der Waals surface area contributed by atoms with Crippen molar-refractivity contribution in [3.8, 4) is 0 Å². The predicted molar refractivity (Wildman–Crippen MR) is 68.9 cm³/mol. The molecule has 0 heterocycles. The van der Waals surface area contributed by atoms with Gasteiger partial charge >= 0.3 is 0 Å². The van der Waals surface area contributed by atoms with E-state index in [4.69, 9.17) is 28.9 Å². The van der Waals surface area contributed by atoms with E-state index in [1.807, 2.05) is 0 Å². The molecule has 0 spiro atoms. The first-order valence-electron chi connectivity index (χ1n) is 5.14. The summed E-state index contributed by atoms with van der Waals surface area (Å²) in [6, 6.07) is 7.77. The van der Waals surface area contributed by atoms with Crippen LogP contribution in [-0.2, 0) is 0 Å². The summed E-state index contributed by atoms with van der Waals surface area (Å²) in [5, 5.41) is 0.881. The topological polar surface area (TPSA) is 26.0 Å². The molecule has 0 saturated heterocycles. The lowest BCUT2D eigenvalue weighted by atomic mass is 9.99. The fourth-order valence-corrected chi connectivity index (χ4v) is 2.20. The zero-order valence-corrected chi connectivity index (χ0v) is 10.6. The molecule has 5 heteroatoms. The van der Waals surface area contributed by atoms with Gasteiger partial charge in [0.05, 0.1) is 6.04 Å². The number of nitrogens with two attached hydrogens (primary N) is 1. The van der Waals surface area contributed by atoms with Crippen LogP contribution in [0.25, 0.3) is 0 Å². The zero-order valence-electron chi connectivity index (χ0n) is 9.13. The molecule has 2 rings (SSSR count). The summed E-state index contributed by atoms with van der Waals surface area (Å²) in [5.41, 5.74) is 7.06. The lowest BCUT2D eigenvalue weighted by molar-refractivity contribution is 0.506. The second-order valence-corrected chi connectivity index (χ2v) is 4.73. The van der Waals surface area contributed by atoms with E-state index in [0.717, 1.165) is 12.1 Å². The summed E-state index contributed by atoms with van der Waals surface area (Å²) in [4.78, 5) is 0. The van der Waals surface area contributed by atoms with Crippen molar-refractivity contribution in [1.82, 2.24) is 0 Å². The highest BCUT2D eigenvalue weighted by atomic mass is 35.5. The molecule has 1 nitrogen and oxygen atoms in total. The molecule has 0 saturated carbocycles. The van der Waals surface area contributed by atoms with Gasteiger partial charge in [-0.25, -0.2) is 8.78 Å². The van der Waals surface area contributed by atoms with E-state index in [9.17, 15) is 8.78 Å². The maximum Gasteiger partial charge on any atom is 0.159 e. The van der Waals surface area contributed by atoms with Crippen LogP contribution in [0, 0.1) is 11.6 Å². The van der Waals surface area contributed by atoms with E-state index >= 15 is 0 Å². The lowest BCUT2D eigenvalue weighted by Crippen LogP contribution is -2.12. The Kier molecular flexibility index (Phi) is 3.85. The molecule has 1 unspecified atom stereocenters. The van der Waals surface area contributed by atoms with Gasteiger partial charge in [-0.2, -0.15) is 0 Å². The normalized spacial score (nSPS) is 12.5. The molecule has 18 heavy (non-hydrogen) atoms. The van der Waals surface area contributed by atoms with Crippen LogP contribution in [0.3, 0.4) is 0 Å². The molecule has 0 amide bonds. The highest BCUT2D eigenvalue weighted by molar-refractivity contribution is 6.34. The third-order valence-electron chi connectivity index (χ3n) is 2.55. The zero-order chi connectivity index (χ0) is 13.3. The molecular formula is C13H9Cl2F2N. The largest absolute Gasteiger partial charge is 0.320 e. The number of rotatable bonds is 2. The van der Waals surface area contributed by atoms with Crippen molar-refractivity contribution in [2.75, 3.05) is 0 Å². The van der Waals surface area contributed by atoms with Crippen molar-refractivity contribution in [2.45, 2.75) is 6.04 Å². The van der Waals surface area contributed by atoms with Crippen LogP contribution in [0.5, 0.6) is 0 Å². The first-order chi connectivity index (χ1) is 8.47. The van der Waals surface area contributed by atoms with E-state index in [2.05, 4.69) is 0 Å². The Morgan fingerprint density at radius 1 is 0.833 bits per heavy atom. The van der Waals surface area contributed by atoms with E-state index < -0.39 is 17.7 Å². The number of halogens is 4. The van der Waals surface area contributed by atoms with Crippen molar-refractivity contribution >= 4 is 23.2 Å². The molecule has 0 bridgehead atoms. The van der Waals surface area contributed by atoms with E-state index in [0.29, 0.717) is 21.2 Å². The number of benzene rings is 2. The highest BCUT2D eigenvalue weighted by Gasteiger charge is 2.13. The van der Waals surface area contributed by atoms with Gasteiger partial charge < -0.3 is 5.73 Å². The summed E-state index contributed by atoms with van der Waals surface area (Å²) < 4.78 is 26.0. The van der Waals surface area contributed by atoms with Crippen LogP contribution in [-0.4, -0.2) is 0 Å². The smallest absolute Gasteiger partial charge is 0.159 e. The fourth-order valence-electron chi connectivity index (χ4n) is 1.65. The Morgan fingerprint density at radius 3 is 2.00 bits per heavy atom. The molecule has 0 radical (unpaired) electrons. The first kappa shape index (κ1) is 13.3. The molecule has 1 atom stereocenters. The van der Waals surface area contributed by atoms with Crippen molar-refractivity contribution in [3.05, 3.63) is 69.2 Å². The van der Waals surface area contributed by atoms with Gasteiger partial charge in [-0.3, -0.25) is 0 Å². The Hall–Kier alpha value is -1.16.